The van der Waals surface area contributed by atoms with E-state index in [1.165, 1.54) is 23.5 Å². The molecule has 0 saturated carbocycles. The Hall–Kier alpha value is -2.71. The first-order chi connectivity index (χ1) is 12.5. The summed E-state index contributed by atoms with van der Waals surface area (Å²) in [6.07, 6.45) is 3.67. The monoisotopic (exact) mass is 385 g/mol. The molecule has 6 nitrogen and oxygen atoms in total. The van der Waals surface area contributed by atoms with E-state index < -0.39 is 4.92 Å². The number of hydrogen-bond acceptors (Lipinski definition) is 5. The Morgan fingerprint density at radius 2 is 2.08 bits per heavy atom. The molecule has 0 unspecified atom stereocenters. The summed E-state index contributed by atoms with van der Waals surface area (Å²) in [5, 5.41) is 11.0. The fraction of sp³-hybridized carbons (Fsp3) is 0.111. The van der Waals surface area contributed by atoms with Crippen LogP contribution in [0.1, 0.15) is 10.4 Å². The summed E-state index contributed by atoms with van der Waals surface area (Å²) in [6.45, 7) is 4.19. The van der Waals surface area contributed by atoms with Gasteiger partial charge >= 0.3 is 0 Å². The maximum absolute atomic E-state index is 12.5. The second-order valence-corrected chi connectivity index (χ2v) is 7.23. The van der Waals surface area contributed by atoms with Crippen molar-refractivity contribution < 1.29 is 9.72 Å². The van der Waals surface area contributed by atoms with Crippen LogP contribution in [0, 0.1) is 10.1 Å². The van der Waals surface area contributed by atoms with Crippen molar-refractivity contribution in [1.29, 1.82) is 0 Å². The Kier molecular flexibility index (Phi) is 5.34. The van der Waals surface area contributed by atoms with Crippen LogP contribution in [0.3, 0.4) is 0 Å². The molecule has 0 N–H and O–H groups in total. The maximum atomic E-state index is 12.5. The number of aromatic nitrogens is 1. The molecule has 1 amide bonds. The predicted molar refractivity (Wildman–Crippen MR) is 105 cm³/mol. The largest absolute Gasteiger partial charge is 0.312 e. The van der Waals surface area contributed by atoms with E-state index >= 15 is 0 Å². The van der Waals surface area contributed by atoms with Gasteiger partial charge in [-0.2, -0.15) is 4.99 Å². The first-order valence-electron chi connectivity index (χ1n) is 7.65. The lowest BCUT2D eigenvalue weighted by Crippen LogP contribution is -2.16. The van der Waals surface area contributed by atoms with Crippen LogP contribution in [-0.2, 0) is 6.54 Å². The van der Waals surface area contributed by atoms with Crippen molar-refractivity contribution in [2.45, 2.75) is 11.4 Å². The van der Waals surface area contributed by atoms with Gasteiger partial charge in [-0.05, 0) is 36.6 Å². The van der Waals surface area contributed by atoms with Crippen LogP contribution in [0.15, 0.2) is 65.0 Å². The van der Waals surface area contributed by atoms with Gasteiger partial charge < -0.3 is 4.57 Å². The molecule has 0 saturated heterocycles. The summed E-state index contributed by atoms with van der Waals surface area (Å²) >= 11 is 2.84. The van der Waals surface area contributed by atoms with Crippen LogP contribution >= 0.6 is 23.1 Å². The fourth-order valence-electron chi connectivity index (χ4n) is 2.45. The summed E-state index contributed by atoms with van der Waals surface area (Å²) in [5.74, 6) is -0.350. The van der Waals surface area contributed by atoms with Crippen molar-refractivity contribution in [1.82, 2.24) is 4.57 Å². The number of thiazole rings is 1. The zero-order valence-electron chi connectivity index (χ0n) is 13.9. The third-order valence-corrected chi connectivity index (χ3v) is 5.51. The minimum Gasteiger partial charge on any atom is -0.312 e. The molecule has 0 spiro atoms. The lowest BCUT2D eigenvalue weighted by Gasteiger charge is -2.01. The molecule has 0 aliphatic heterocycles. The second-order valence-electron chi connectivity index (χ2n) is 5.34. The number of allylic oxidation sites excluding steroid dienone is 1. The topological polar surface area (TPSA) is 77.5 Å². The fourth-order valence-corrected chi connectivity index (χ4v) is 3.93. The van der Waals surface area contributed by atoms with E-state index in [2.05, 4.69) is 11.6 Å². The van der Waals surface area contributed by atoms with Crippen molar-refractivity contribution in [2.24, 2.45) is 4.99 Å². The number of nitrogens with zero attached hydrogens (tertiary/aromatic N) is 3. The summed E-state index contributed by atoms with van der Waals surface area (Å²) < 4.78 is 2.52. The van der Waals surface area contributed by atoms with Gasteiger partial charge in [-0.3, -0.25) is 14.9 Å². The maximum Gasteiger partial charge on any atom is 0.279 e. The molecule has 0 atom stereocenters. The van der Waals surface area contributed by atoms with E-state index in [0.29, 0.717) is 21.6 Å². The Labute approximate surface area is 157 Å². The van der Waals surface area contributed by atoms with Gasteiger partial charge in [0.05, 0.1) is 15.1 Å². The molecule has 1 aromatic heterocycles. The van der Waals surface area contributed by atoms with Crippen molar-refractivity contribution in [3.8, 4) is 0 Å². The van der Waals surface area contributed by atoms with E-state index in [1.807, 2.05) is 23.0 Å². The molecule has 26 heavy (non-hydrogen) atoms. The first-order valence-corrected chi connectivity index (χ1v) is 9.69. The van der Waals surface area contributed by atoms with Gasteiger partial charge in [-0.1, -0.05) is 17.4 Å². The van der Waals surface area contributed by atoms with E-state index in [1.54, 1.807) is 36.0 Å². The lowest BCUT2D eigenvalue weighted by atomic mass is 10.2. The van der Waals surface area contributed by atoms with Crippen molar-refractivity contribution in [2.75, 3.05) is 6.26 Å². The number of nitro groups is 1. The number of thioether (sulfide) groups is 1. The van der Waals surface area contributed by atoms with Gasteiger partial charge in [0.1, 0.15) is 0 Å². The molecular weight excluding hydrogens is 370 g/mol. The van der Waals surface area contributed by atoms with E-state index in [-0.39, 0.29) is 11.6 Å². The van der Waals surface area contributed by atoms with Gasteiger partial charge in [0, 0.05) is 29.1 Å². The number of benzene rings is 2. The van der Waals surface area contributed by atoms with Crippen molar-refractivity contribution in [3.05, 3.63) is 75.6 Å². The Bertz CT molecular complexity index is 1070. The number of amides is 1. The molecule has 3 aromatic rings. The van der Waals surface area contributed by atoms with Crippen LogP contribution in [0.4, 0.5) is 5.69 Å². The first kappa shape index (κ1) is 18.1. The minimum atomic E-state index is -0.438. The summed E-state index contributed by atoms with van der Waals surface area (Å²) in [7, 11) is 0. The van der Waals surface area contributed by atoms with E-state index in [9.17, 15) is 14.9 Å². The number of hydrogen-bond donors (Lipinski definition) is 0. The van der Waals surface area contributed by atoms with Crippen LogP contribution in [0.25, 0.3) is 10.2 Å². The zero-order chi connectivity index (χ0) is 18.7. The highest BCUT2D eigenvalue weighted by Crippen LogP contribution is 2.23. The molecule has 1 heterocycles. The van der Waals surface area contributed by atoms with E-state index in [4.69, 9.17) is 0 Å². The van der Waals surface area contributed by atoms with Gasteiger partial charge in [0.25, 0.3) is 11.6 Å². The number of rotatable bonds is 5. The standard InChI is InChI=1S/C18H15N3O3S2/c1-3-10-20-15-9-6-13(21(23)24)11-16(15)26-18(20)19-17(22)12-4-7-14(25-2)8-5-12/h3-9,11H,1,10H2,2H3. The number of carbonyl (C=O) groups is 1. The quantitative estimate of drug-likeness (QED) is 0.285. The van der Waals surface area contributed by atoms with Crippen LogP contribution in [-0.4, -0.2) is 21.7 Å². The number of nitro benzene ring substituents is 1. The molecular formula is C18H15N3O3S2. The molecule has 0 radical (unpaired) electrons. The van der Waals surface area contributed by atoms with Gasteiger partial charge in [0.15, 0.2) is 4.80 Å². The smallest absolute Gasteiger partial charge is 0.279 e. The number of carbonyl (C=O) groups excluding carboxylic acids is 1. The van der Waals surface area contributed by atoms with Crippen LogP contribution < -0.4 is 4.80 Å². The summed E-state index contributed by atoms with van der Waals surface area (Å²) in [6, 6.07) is 11.8. The molecule has 132 valence electrons. The normalized spacial score (nSPS) is 11.7. The predicted octanol–water partition coefficient (Wildman–Crippen LogP) is 4.26. The number of fused-ring (bicyclic) bond motifs is 1. The zero-order valence-corrected chi connectivity index (χ0v) is 15.5. The third-order valence-electron chi connectivity index (χ3n) is 3.72. The Morgan fingerprint density at radius 1 is 1.35 bits per heavy atom. The molecule has 0 bridgehead atoms. The Morgan fingerprint density at radius 3 is 2.69 bits per heavy atom. The molecule has 0 aliphatic carbocycles. The average Bonchev–Trinajstić information content (AvgIpc) is 2.98. The molecule has 0 fully saturated rings. The Balaban J connectivity index is 2.10. The minimum absolute atomic E-state index is 0.00929. The van der Waals surface area contributed by atoms with E-state index in [0.717, 1.165) is 10.4 Å². The highest BCUT2D eigenvalue weighted by atomic mass is 32.2. The van der Waals surface area contributed by atoms with Crippen LogP contribution in [0.5, 0.6) is 0 Å². The van der Waals surface area contributed by atoms with Gasteiger partial charge in [-0.25, -0.2) is 0 Å². The highest BCUT2D eigenvalue weighted by Gasteiger charge is 2.12. The summed E-state index contributed by atoms with van der Waals surface area (Å²) in [4.78, 5) is 28.8. The highest BCUT2D eigenvalue weighted by molar-refractivity contribution is 7.98. The third kappa shape index (κ3) is 3.61. The van der Waals surface area contributed by atoms with Crippen LogP contribution in [0.2, 0.25) is 0 Å². The van der Waals surface area contributed by atoms with Crippen molar-refractivity contribution in [3.63, 3.8) is 0 Å². The molecule has 8 heteroatoms. The molecule has 0 aliphatic rings. The molecule has 3 rings (SSSR count). The summed E-state index contributed by atoms with van der Waals surface area (Å²) in [5.41, 5.74) is 1.29. The number of non-ortho nitro benzene ring substituents is 1. The SMILES string of the molecule is C=CCn1c(=NC(=O)c2ccc(SC)cc2)sc2cc([N+](=O)[O-])ccc21. The van der Waals surface area contributed by atoms with Gasteiger partial charge in [-0.15, -0.1) is 18.3 Å². The van der Waals surface area contributed by atoms with Gasteiger partial charge in [0.2, 0.25) is 0 Å². The lowest BCUT2D eigenvalue weighted by molar-refractivity contribution is -0.384. The molecule has 2 aromatic carbocycles. The average molecular weight is 385 g/mol. The second kappa shape index (κ2) is 7.67. The van der Waals surface area contributed by atoms with Crippen molar-refractivity contribution >= 4 is 44.9 Å².